The lowest BCUT2D eigenvalue weighted by Crippen LogP contribution is -2.58. The highest BCUT2D eigenvalue weighted by atomic mass is 16.4. The minimum Gasteiger partial charge on any atom is -0.480 e. The van der Waals surface area contributed by atoms with E-state index in [0.717, 1.165) is 0 Å². The Morgan fingerprint density at radius 2 is 1.29 bits per heavy atom. The van der Waals surface area contributed by atoms with Gasteiger partial charge in [-0.05, 0) is 25.0 Å². The molecule has 300 valence electrons. The number of aromatic amines is 1. The summed E-state index contributed by atoms with van der Waals surface area (Å²) in [6.07, 6.45) is -0.811. The van der Waals surface area contributed by atoms with Crippen molar-refractivity contribution in [1.82, 2.24) is 36.9 Å². The third kappa shape index (κ3) is 14.7. The molecule has 1 aromatic carbocycles. The van der Waals surface area contributed by atoms with Crippen LogP contribution in [0.3, 0.4) is 0 Å². The zero-order chi connectivity index (χ0) is 41.4. The number of fused-ring (bicyclic) bond motifs is 1. The molecular formula is C32H45N11O12. The molecular weight excluding hydrogens is 730 g/mol. The van der Waals surface area contributed by atoms with E-state index in [1.54, 1.807) is 30.5 Å². The van der Waals surface area contributed by atoms with Crippen LogP contribution in [-0.4, -0.2) is 124 Å². The van der Waals surface area contributed by atoms with Crippen LogP contribution in [0.1, 0.15) is 38.2 Å². The molecule has 23 nitrogen and oxygen atoms in total. The van der Waals surface area contributed by atoms with Gasteiger partial charge in [-0.15, -0.1) is 0 Å². The van der Waals surface area contributed by atoms with E-state index in [4.69, 9.17) is 28.0 Å². The van der Waals surface area contributed by atoms with Crippen LogP contribution in [0.5, 0.6) is 0 Å². The number of aliphatic hydroxyl groups excluding tert-OH is 1. The lowest BCUT2D eigenvalue weighted by Gasteiger charge is -2.24. The summed E-state index contributed by atoms with van der Waals surface area (Å²) in [5.41, 5.74) is 22.2. The Kier molecular flexibility index (Phi) is 17.1. The van der Waals surface area contributed by atoms with Crippen LogP contribution in [0, 0.1) is 0 Å². The number of aliphatic carboxylic acids is 1. The first kappa shape index (κ1) is 44.5. The van der Waals surface area contributed by atoms with Crippen molar-refractivity contribution in [2.45, 2.75) is 75.3 Å². The normalized spacial score (nSPS) is 14.1. The number of carboxylic acids is 1. The molecule has 0 aliphatic heterocycles. The first-order chi connectivity index (χ1) is 25.8. The van der Waals surface area contributed by atoms with Crippen molar-refractivity contribution >= 4 is 70.0 Å². The van der Waals surface area contributed by atoms with E-state index in [2.05, 4.69) is 36.9 Å². The second-order valence-corrected chi connectivity index (χ2v) is 12.3. The van der Waals surface area contributed by atoms with Crippen molar-refractivity contribution in [2.24, 2.45) is 22.9 Å². The first-order valence-electron chi connectivity index (χ1n) is 16.6. The summed E-state index contributed by atoms with van der Waals surface area (Å²) in [5, 5.41) is 32.7. The van der Waals surface area contributed by atoms with Crippen molar-refractivity contribution in [3.05, 3.63) is 36.0 Å². The molecule has 55 heavy (non-hydrogen) atoms. The number of para-hydroxylation sites is 1. The van der Waals surface area contributed by atoms with E-state index >= 15 is 0 Å². The van der Waals surface area contributed by atoms with E-state index in [9.17, 15) is 53.1 Å². The van der Waals surface area contributed by atoms with Crippen molar-refractivity contribution < 1.29 is 58.2 Å². The average Bonchev–Trinajstić information content (AvgIpc) is 3.52. The number of carboxylic acid groups (broad SMARTS) is 1. The number of nitrogens with one attached hydrogen (secondary N) is 7. The number of amides is 9. The number of carbonyl (C=O) groups is 10. The van der Waals surface area contributed by atoms with Crippen molar-refractivity contribution in [2.75, 3.05) is 13.2 Å². The zero-order valence-corrected chi connectivity index (χ0v) is 29.6. The molecule has 0 saturated carbocycles. The fraction of sp³-hybridized carbons (Fsp3) is 0.438. The van der Waals surface area contributed by atoms with E-state index in [1.807, 2.05) is 0 Å². The number of hydrogen-bond acceptors (Lipinski definition) is 12. The number of aromatic nitrogens is 1. The Labute approximate surface area is 312 Å². The predicted octanol–water partition coefficient (Wildman–Crippen LogP) is -6.31. The van der Waals surface area contributed by atoms with Crippen LogP contribution in [0.15, 0.2) is 30.5 Å². The van der Waals surface area contributed by atoms with Crippen LogP contribution in [0.25, 0.3) is 10.9 Å². The summed E-state index contributed by atoms with van der Waals surface area (Å²) >= 11 is 0. The topological polar surface area (TPSA) is 403 Å². The monoisotopic (exact) mass is 775 g/mol. The van der Waals surface area contributed by atoms with Crippen molar-refractivity contribution in [3.8, 4) is 0 Å². The van der Waals surface area contributed by atoms with Crippen molar-refractivity contribution in [3.63, 3.8) is 0 Å². The third-order valence-corrected chi connectivity index (χ3v) is 7.83. The molecule has 1 heterocycles. The number of nitrogens with two attached hydrogens (primary N) is 4. The molecule has 23 heteroatoms. The van der Waals surface area contributed by atoms with E-state index in [1.165, 1.54) is 6.92 Å². The maximum atomic E-state index is 13.5. The van der Waals surface area contributed by atoms with Gasteiger partial charge in [0.1, 0.15) is 36.3 Å². The lowest BCUT2D eigenvalue weighted by molar-refractivity contribution is -0.143. The number of primary amides is 3. The Balaban J connectivity index is 2.22. The van der Waals surface area contributed by atoms with Crippen LogP contribution in [0.2, 0.25) is 0 Å². The molecule has 6 atom stereocenters. The van der Waals surface area contributed by atoms with Crippen LogP contribution >= 0.6 is 0 Å². The number of aliphatic hydroxyl groups is 1. The van der Waals surface area contributed by atoms with Crippen LogP contribution in [-0.2, 0) is 54.4 Å². The largest absolute Gasteiger partial charge is 0.480 e. The van der Waals surface area contributed by atoms with E-state index in [-0.39, 0.29) is 12.8 Å². The highest BCUT2D eigenvalue weighted by molar-refractivity contribution is 5.98. The van der Waals surface area contributed by atoms with Crippen molar-refractivity contribution in [1.29, 1.82) is 0 Å². The summed E-state index contributed by atoms with van der Waals surface area (Å²) < 4.78 is 0. The standard InChI is InChI=1S/C32H45N11O12/c1-14(27(49)43-22(32(54)55)10-25(36)47)39-31(53)20(8-15-11-37-18-5-3-2-4-16(15)18)40-26(48)12-38-29(51)21(9-24(35)46)42-30(52)19(6-7-23(34)45)41-28(50)17(33)13-44/h2-5,11,14,17,19-22,37,44H,6-10,12-13,33H2,1H3,(H2,34,45)(H2,35,46)(H2,36,47)(H,38,51)(H,39,53)(H,40,48)(H,41,50)(H,42,52)(H,43,49)(H,54,55)/t14-,17+,19-,20-,21-,22-/m1/s1. The van der Waals surface area contributed by atoms with Gasteiger partial charge in [0, 0.05) is 29.9 Å². The predicted molar refractivity (Wildman–Crippen MR) is 189 cm³/mol. The summed E-state index contributed by atoms with van der Waals surface area (Å²) in [4.78, 5) is 127. The number of H-pyrrole nitrogens is 1. The number of carbonyl (C=O) groups excluding carboxylic acids is 9. The highest BCUT2D eigenvalue weighted by Gasteiger charge is 2.31. The Morgan fingerprint density at radius 3 is 1.89 bits per heavy atom. The molecule has 0 radical (unpaired) electrons. The molecule has 0 aliphatic carbocycles. The third-order valence-electron chi connectivity index (χ3n) is 7.83. The van der Waals surface area contributed by atoms with Gasteiger partial charge in [0.2, 0.25) is 53.2 Å². The molecule has 2 aromatic rings. The minimum absolute atomic E-state index is 0.151. The van der Waals surface area contributed by atoms with Gasteiger partial charge in [-0.3, -0.25) is 43.2 Å². The molecule has 17 N–H and O–H groups in total. The van der Waals surface area contributed by atoms with Gasteiger partial charge in [0.25, 0.3) is 0 Å². The Hall–Kier alpha value is -6.62. The average molecular weight is 776 g/mol. The SMILES string of the molecule is C[C@@H](NC(=O)[C@@H](Cc1c[nH]c2ccccc12)NC(=O)CNC(=O)[C@@H](CC(N)=O)NC(=O)[C@@H](CCC(N)=O)NC(=O)[C@@H](N)CO)C(=O)N[C@H](CC(N)=O)C(=O)O. The molecule has 0 spiro atoms. The van der Waals surface area contributed by atoms with Gasteiger partial charge in [-0.2, -0.15) is 0 Å². The molecule has 0 unspecified atom stereocenters. The second kappa shape index (κ2) is 21.2. The summed E-state index contributed by atoms with van der Waals surface area (Å²) in [7, 11) is 0. The summed E-state index contributed by atoms with van der Waals surface area (Å²) in [5.74, 6) is -10.4. The molecule has 9 amide bonds. The Morgan fingerprint density at radius 1 is 0.709 bits per heavy atom. The molecule has 2 rings (SSSR count). The quantitative estimate of drug-likeness (QED) is 0.0500. The molecule has 0 fully saturated rings. The minimum atomic E-state index is -1.70. The number of rotatable bonds is 23. The molecule has 1 aromatic heterocycles. The highest BCUT2D eigenvalue weighted by Crippen LogP contribution is 2.19. The van der Waals surface area contributed by atoms with Gasteiger partial charge >= 0.3 is 5.97 Å². The molecule has 0 saturated heterocycles. The Bertz CT molecular complexity index is 1780. The van der Waals surface area contributed by atoms with Gasteiger partial charge in [-0.1, -0.05) is 18.2 Å². The summed E-state index contributed by atoms with van der Waals surface area (Å²) in [6.45, 7) is -0.382. The fourth-order valence-corrected chi connectivity index (χ4v) is 4.94. The van der Waals surface area contributed by atoms with E-state index in [0.29, 0.717) is 16.5 Å². The van der Waals surface area contributed by atoms with Crippen LogP contribution in [0.4, 0.5) is 0 Å². The first-order valence-corrected chi connectivity index (χ1v) is 16.6. The van der Waals surface area contributed by atoms with Gasteiger partial charge < -0.3 is 70.0 Å². The lowest BCUT2D eigenvalue weighted by atomic mass is 10.0. The van der Waals surface area contributed by atoms with E-state index < -0.39 is 128 Å². The summed E-state index contributed by atoms with van der Waals surface area (Å²) in [6, 6.07) is -2.09. The van der Waals surface area contributed by atoms with Gasteiger partial charge in [0.15, 0.2) is 0 Å². The smallest absolute Gasteiger partial charge is 0.326 e. The number of benzene rings is 1. The zero-order valence-electron chi connectivity index (χ0n) is 29.6. The molecule has 0 bridgehead atoms. The van der Waals surface area contributed by atoms with Gasteiger partial charge in [0.05, 0.1) is 26.0 Å². The fourth-order valence-electron chi connectivity index (χ4n) is 4.94. The second-order valence-electron chi connectivity index (χ2n) is 12.3. The molecule has 0 aliphatic rings. The van der Waals surface area contributed by atoms with Gasteiger partial charge in [-0.25, -0.2) is 4.79 Å². The maximum absolute atomic E-state index is 13.5. The number of hydrogen-bond donors (Lipinski definition) is 13. The maximum Gasteiger partial charge on any atom is 0.326 e. The van der Waals surface area contributed by atoms with Crippen LogP contribution < -0.4 is 54.8 Å².